The van der Waals surface area contributed by atoms with Crippen molar-refractivity contribution >= 4 is 28.9 Å². The molecule has 1 aromatic rings. The number of nitrogen functional groups attached to an aromatic ring is 1. The Labute approximate surface area is 124 Å². The Morgan fingerprint density at radius 2 is 2.15 bits per heavy atom. The third-order valence-corrected chi connectivity index (χ3v) is 3.70. The van der Waals surface area contributed by atoms with Gasteiger partial charge in [-0.25, -0.2) is 0 Å². The number of amides is 1. The number of nitrogens with two attached hydrogens (primary N) is 1. The number of benzene rings is 1. The molecule has 2 rings (SSSR count). The molecule has 1 aliphatic rings. The minimum atomic E-state index is -0.0384. The van der Waals surface area contributed by atoms with Gasteiger partial charge in [0.05, 0.1) is 17.9 Å². The lowest BCUT2D eigenvalue weighted by atomic mass is 10.2. The van der Waals surface area contributed by atoms with Crippen LogP contribution >= 0.6 is 11.6 Å². The standard InChI is InChI=1S/C14H21ClN4O/c1-18-5-2-6-19(8-7-18)10-14(20)17-13-4-3-11(15)9-12(13)16/h3-4,9H,2,5-8,10,16H2,1H3,(H,17,20). The van der Waals surface area contributed by atoms with Crippen LogP contribution in [-0.2, 0) is 4.79 Å². The molecule has 20 heavy (non-hydrogen) atoms. The normalized spacial score (nSPS) is 17.7. The van der Waals surface area contributed by atoms with Gasteiger partial charge in [0, 0.05) is 18.1 Å². The van der Waals surface area contributed by atoms with Crippen molar-refractivity contribution in [2.24, 2.45) is 0 Å². The third-order valence-electron chi connectivity index (χ3n) is 3.47. The van der Waals surface area contributed by atoms with Crippen LogP contribution in [0.2, 0.25) is 5.02 Å². The van der Waals surface area contributed by atoms with Crippen molar-refractivity contribution in [1.29, 1.82) is 0 Å². The van der Waals surface area contributed by atoms with Crippen LogP contribution in [0.5, 0.6) is 0 Å². The molecule has 6 heteroatoms. The molecule has 0 saturated carbocycles. The average Bonchev–Trinajstić information content (AvgIpc) is 2.58. The predicted octanol–water partition coefficient (Wildman–Crippen LogP) is 1.50. The van der Waals surface area contributed by atoms with Crippen molar-refractivity contribution in [2.45, 2.75) is 6.42 Å². The molecule has 1 amide bonds. The molecule has 1 aliphatic heterocycles. The van der Waals surface area contributed by atoms with Crippen LogP contribution in [0.4, 0.5) is 11.4 Å². The number of rotatable bonds is 3. The highest BCUT2D eigenvalue weighted by atomic mass is 35.5. The van der Waals surface area contributed by atoms with E-state index in [1.807, 2.05) is 0 Å². The molecule has 0 bridgehead atoms. The molecule has 0 radical (unpaired) electrons. The molecule has 1 fully saturated rings. The van der Waals surface area contributed by atoms with Crippen molar-refractivity contribution in [3.05, 3.63) is 23.2 Å². The first-order chi connectivity index (χ1) is 9.54. The van der Waals surface area contributed by atoms with E-state index in [2.05, 4.69) is 22.2 Å². The quantitative estimate of drug-likeness (QED) is 0.830. The maximum Gasteiger partial charge on any atom is 0.238 e. The number of hydrogen-bond acceptors (Lipinski definition) is 4. The zero-order chi connectivity index (χ0) is 14.5. The highest BCUT2D eigenvalue weighted by Crippen LogP contribution is 2.22. The van der Waals surface area contributed by atoms with E-state index in [4.69, 9.17) is 17.3 Å². The van der Waals surface area contributed by atoms with Gasteiger partial charge in [-0.1, -0.05) is 11.6 Å². The molecule has 1 aromatic carbocycles. The summed E-state index contributed by atoms with van der Waals surface area (Å²) >= 11 is 5.84. The van der Waals surface area contributed by atoms with Gasteiger partial charge in [-0.05, 0) is 44.8 Å². The molecule has 0 unspecified atom stereocenters. The Morgan fingerprint density at radius 3 is 2.90 bits per heavy atom. The van der Waals surface area contributed by atoms with Crippen LogP contribution in [0.1, 0.15) is 6.42 Å². The number of hydrogen-bond donors (Lipinski definition) is 2. The lowest BCUT2D eigenvalue weighted by Crippen LogP contribution is -2.36. The van der Waals surface area contributed by atoms with Gasteiger partial charge in [0.25, 0.3) is 0 Å². The molecule has 3 N–H and O–H groups in total. The van der Waals surface area contributed by atoms with Gasteiger partial charge in [-0.2, -0.15) is 0 Å². The summed E-state index contributed by atoms with van der Waals surface area (Å²) in [6.45, 7) is 4.35. The number of carbonyl (C=O) groups is 1. The van der Waals surface area contributed by atoms with Crippen molar-refractivity contribution in [3.63, 3.8) is 0 Å². The van der Waals surface area contributed by atoms with Gasteiger partial charge in [0.15, 0.2) is 0 Å². The molecular formula is C14H21ClN4O. The molecule has 5 nitrogen and oxygen atoms in total. The first-order valence-corrected chi connectivity index (χ1v) is 7.18. The fourth-order valence-electron chi connectivity index (χ4n) is 2.30. The Kier molecular flexibility index (Phi) is 5.23. The van der Waals surface area contributed by atoms with Gasteiger partial charge in [-0.3, -0.25) is 9.69 Å². The fraction of sp³-hybridized carbons (Fsp3) is 0.500. The molecule has 0 atom stereocenters. The topological polar surface area (TPSA) is 61.6 Å². The minimum Gasteiger partial charge on any atom is -0.397 e. The number of halogens is 1. The van der Waals surface area contributed by atoms with E-state index in [1.54, 1.807) is 18.2 Å². The summed E-state index contributed by atoms with van der Waals surface area (Å²) in [4.78, 5) is 16.5. The van der Waals surface area contributed by atoms with Gasteiger partial charge in [0.1, 0.15) is 0 Å². The first kappa shape index (κ1) is 15.1. The van der Waals surface area contributed by atoms with E-state index in [-0.39, 0.29) is 5.91 Å². The van der Waals surface area contributed by atoms with E-state index >= 15 is 0 Å². The van der Waals surface area contributed by atoms with E-state index in [0.29, 0.717) is 22.9 Å². The summed E-state index contributed by atoms with van der Waals surface area (Å²) in [5.41, 5.74) is 6.93. The van der Waals surface area contributed by atoms with Crippen LogP contribution < -0.4 is 11.1 Å². The largest absolute Gasteiger partial charge is 0.397 e. The Bertz CT molecular complexity index is 480. The molecule has 1 heterocycles. The van der Waals surface area contributed by atoms with Crippen LogP contribution in [0.3, 0.4) is 0 Å². The number of carbonyl (C=O) groups excluding carboxylic acids is 1. The lowest BCUT2D eigenvalue weighted by Gasteiger charge is -2.19. The summed E-state index contributed by atoms with van der Waals surface area (Å²) < 4.78 is 0. The Morgan fingerprint density at radius 1 is 1.35 bits per heavy atom. The first-order valence-electron chi connectivity index (χ1n) is 6.80. The van der Waals surface area contributed by atoms with Crippen LogP contribution in [0.15, 0.2) is 18.2 Å². The van der Waals surface area contributed by atoms with Crippen LogP contribution in [0, 0.1) is 0 Å². The van der Waals surface area contributed by atoms with Gasteiger partial charge >= 0.3 is 0 Å². The van der Waals surface area contributed by atoms with E-state index in [1.165, 1.54) is 0 Å². The highest BCUT2D eigenvalue weighted by molar-refractivity contribution is 6.31. The number of likely N-dealkylation sites (N-methyl/N-ethyl adjacent to an activating group) is 1. The zero-order valence-electron chi connectivity index (χ0n) is 11.7. The predicted molar refractivity (Wildman–Crippen MR) is 83.0 cm³/mol. The maximum absolute atomic E-state index is 12.1. The van der Waals surface area contributed by atoms with Crippen LogP contribution in [0.25, 0.3) is 0 Å². The monoisotopic (exact) mass is 296 g/mol. The fourth-order valence-corrected chi connectivity index (χ4v) is 2.48. The molecule has 0 aliphatic carbocycles. The smallest absolute Gasteiger partial charge is 0.238 e. The van der Waals surface area contributed by atoms with Crippen molar-refractivity contribution in [2.75, 3.05) is 50.8 Å². The number of nitrogens with zero attached hydrogens (tertiary/aromatic N) is 2. The summed E-state index contributed by atoms with van der Waals surface area (Å²) in [5, 5.41) is 3.40. The molecular weight excluding hydrogens is 276 g/mol. The number of nitrogens with one attached hydrogen (secondary N) is 1. The van der Waals surface area contributed by atoms with Crippen molar-refractivity contribution in [3.8, 4) is 0 Å². The zero-order valence-corrected chi connectivity index (χ0v) is 12.5. The summed E-state index contributed by atoms with van der Waals surface area (Å²) in [6.07, 6.45) is 1.09. The molecule has 0 aromatic heterocycles. The third kappa shape index (κ3) is 4.37. The SMILES string of the molecule is CN1CCCN(CC(=O)Nc2ccc(Cl)cc2N)CC1. The molecule has 1 saturated heterocycles. The van der Waals surface area contributed by atoms with Crippen LogP contribution in [-0.4, -0.2) is 55.5 Å². The molecule has 0 spiro atoms. The number of anilines is 2. The van der Waals surface area contributed by atoms with Crippen molar-refractivity contribution in [1.82, 2.24) is 9.80 Å². The maximum atomic E-state index is 12.1. The second-order valence-electron chi connectivity index (χ2n) is 5.21. The van der Waals surface area contributed by atoms with Gasteiger partial charge in [-0.15, -0.1) is 0 Å². The Balaban J connectivity index is 1.88. The summed E-state index contributed by atoms with van der Waals surface area (Å²) in [6, 6.07) is 5.08. The van der Waals surface area contributed by atoms with Gasteiger partial charge in [0.2, 0.25) is 5.91 Å². The van der Waals surface area contributed by atoms with E-state index in [9.17, 15) is 4.79 Å². The van der Waals surface area contributed by atoms with Gasteiger partial charge < -0.3 is 16.0 Å². The lowest BCUT2D eigenvalue weighted by molar-refractivity contribution is -0.117. The second-order valence-corrected chi connectivity index (χ2v) is 5.65. The Hall–Kier alpha value is -1.30. The van der Waals surface area contributed by atoms with Crippen molar-refractivity contribution < 1.29 is 4.79 Å². The minimum absolute atomic E-state index is 0.0384. The molecule has 110 valence electrons. The van der Waals surface area contributed by atoms with E-state index < -0.39 is 0 Å². The summed E-state index contributed by atoms with van der Waals surface area (Å²) in [5.74, 6) is -0.0384. The highest BCUT2D eigenvalue weighted by Gasteiger charge is 2.15. The summed E-state index contributed by atoms with van der Waals surface area (Å²) in [7, 11) is 2.11. The second kappa shape index (κ2) is 6.92. The van der Waals surface area contributed by atoms with E-state index in [0.717, 1.165) is 32.6 Å². The average molecular weight is 297 g/mol.